The van der Waals surface area contributed by atoms with Crippen LogP contribution in [-0.4, -0.2) is 27.7 Å². The van der Waals surface area contributed by atoms with Gasteiger partial charge in [0.25, 0.3) is 0 Å². The number of hydrogen-bond donors (Lipinski definition) is 2. The SMILES string of the molecule is CNCc1ccccc1-c1nnn[nH]1. The van der Waals surface area contributed by atoms with Crippen LogP contribution >= 0.6 is 0 Å². The fourth-order valence-electron chi connectivity index (χ4n) is 1.37. The van der Waals surface area contributed by atoms with E-state index in [1.807, 2.05) is 31.3 Å². The fourth-order valence-corrected chi connectivity index (χ4v) is 1.37. The number of rotatable bonds is 3. The first-order chi connectivity index (χ1) is 6.92. The molecule has 14 heavy (non-hydrogen) atoms. The molecule has 0 aliphatic rings. The molecular formula is C9H11N5. The van der Waals surface area contributed by atoms with Gasteiger partial charge in [-0.2, -0.15) is 0 Å². The molecule has 0 fully saturated rings. The summed E-state index contributed by atoms with van der Waals surface area (Å²) in [6, 6.07) is 8.01. The van der Waals surface area contributed by atoms with Crippen molar-refractivity contribution in [1.29, 1.82) is 0 Å². The highest BCUT2D eigenvalue weighted by atomic mass is 15.5. The minimum Gasteiger partial charge on any atom is -0.316 e. The van der Waals surface area contributed by atoms with Crippen molar-refractivity contribution < 1.29 is 0 Å². The summed E-state index contributed by atoms with van der Waals surface area (Å²) in [7, 11) is 1.91. The third-order valence-corrected chi connectivity index (χ3v) is 1.99. The van der Waals surface area contributed by atoms with Crippen LogP contribution < -0.4 is 5.32 Å². The van der Waals surface area contributed by atoms with Gasteiger partial charge in [0, 0.05) is 12.1 Å². The van der Waals surface area contributed by atoms with Crippen LogP contribution in [0.15, 0.2) is 24.3 Å². The molecule has 0 unspecified atom stereocenters. The summed E-state index contributed by atoms with van der Waals surface area (Å²) in [6.07, 6.45) is 0. The summed E-state index contributed by atoms with van der Waals surface area (Å²) in [6.45, 7) is 0.802. The molecule has 5 heteroatoms. The highest BCUT2D eigenvalue weighted by Gasteiger charge is 2.06. The zero-order chi connectivity index (χ0) is 9.80. The van der Waals surface area contributed by atoms with Gasteiger partial charge < -0.3 is 5.32 Å². The van der Waals surface area contributed by atoms with Crippen molar-refractivity contribution in [3.63, 3.8) is 0 Å². The van der Waals surface area contributed by atoms with E-state index in [4.69, 9.17) is 0 Å². The summed E-state index contributed by atoms with van der Waals surface area (Å²) in [5.74, 6) is 0.704. The minimum atomic E-state index is 0.704. The molecule has 1 aromatic carbocycles. The van der Waals surface area contributed by atoms with E-state index in [1.54, 1.807) is 0 Å². The molecule has 0 aliphatic heterocycles. The molecule has 0 aliphatic carbocycles. The van der Waals surface area contributed by atoms with Gasteiger partial charge in [0.2, 0.25) is 0 Å². The van der Waals surface area contributed by atoms with Crippen molar-refractivity contribution in [2.24, 2.45) is 0 Å². The summed E-state index contributed by atoms with van der Waals surface area (Å²) >= 11 is 0. The topological polar surface area (TPSA) is 66.5 Å². The summed E-state index contributed by atoms with van der Waals surface area (Å²) in [5.41, 5.74) is 2.21. The number of aromatic amines is 1. The Morgan fingerprint density at radius 2 is 2.21 bits per heavy atom. The highest BCUT2D eigenvalue weighted by Crippen LogP contribution is 2.18. The monoisotopic (exact) mass is 189 g/mol. The zero-order valence-electron chi connectivity index (χ0n) is 7.86. The zero-order valence-corrected chi connectivity index (χ0v) is 7.86. The Bertz CT molecular complexity index is 395. The van der Waals surface area contributed by atoms with Crippen molar-refractivity contribution in [2.45, 2.75) is 6.54 Å². The van der Waals surface area contributed by atoms with Crippen LogP contribution in [0.2, 0.25) is 0 Å². The third-order valence-electron chi connectivity index (χ3n) is 1.99. The number of nitrogens with one attached hydrogen (secondary N) is 2. The first kappa shape index (κ1) is 8.83. The lowest BCUT2D eigenvalue weighted by Gasteiger charge is -2.04. The van der Waals surface area contributed by atoms with Crippen LogP contribution in [0, 0.1) is 0 Å². The lowest BCUT2D eigenvalue weighted by Crippen LogP contribution is -2.06. The van der Waals surface area contributed by atoms with Crippen molar-refractivity contribution in [2.75, 3.05) is 7.05 Å². The molecule has 5 nitrogen and oxygen atoms in total. The Balaban J connectivity index is 2.42. The predicted octanol–water partition coefficient (Wildman–Crippen LogP) is 0.586. The van der Waals surface area contributed by atoms with Crippen molar-refractivity contribution >= 4 is 0 Å². The molecule has 1 aromatic heterocycles. The Kier molecular flexibility index (Phi) is 2.51. The van der Waals surface area contributed by atoms with E-state index < -0.39 is 0 Å². The number of tetrazole rings is 1. The highest BCUT2D eigenvalue weighted by molar-refractivity contribution is 5.59. The molecule has 0 bridgehead atoms. The van der Waals surface area contributed by atoms with Crippen LogP contribution in [0.3, 0.4) is 0 Å². The molecule has 1 heterocycles. The van der Waals surface area contributed by atoms with Gasteiger partial charge in [-0.1, -0.05) is 24.3 Å². The van der Waals surface area contributed by atoms with Gasteiger partial charge in [0.1, 0.15) is 0 Å². The molecule has 0 saturated carbocycles. The quantitative estimate of drug-likeness (QED) is 0.741. The predicted molar refractivity (Wildman–Crippen MR) is 52.4 cm³/mol. The van der Waals surface area contributed by atoms with Gasteiger partial charge in [-0.15, -0.1) is 5.10 Å². The van der Waals surface area contributed by atoms with E-state index in [0.29, 0.717) is 5.82 Å². The van der Waals surface area contributed by atoms with Crippen LogP contribution in [0.4, 0.5) is 0 Å². The summed E-state index contributed by atoms with van der Waals surface area (Å²) in [5, 5.41) is 16.9. The first-order valence-corrected chi connectivity index (χ1v) is 4.38. The molecule has 0 spiro atoms. The van der Waals surface area contributed by atoms with Crippen LogP contribution in [0.25, 0.3) is 11.4 Å². The number of hydrogen-bond acceptors (Lipinski definition) is 4. The smallest absolute Gasteiger partial charge is 0.179 e. The maximum Gasteiger partial charge on any atom is 0.179 e. The molecule has 2 aromatic rings. The largest absolute Gasteiger partial charge is 0.316 e. The van der Waals surface area contributed by atoms with Gasteiger partial charge in [-0.3, -0.25) is 0 Å². The fraction of sp³-hybridized carbons (Fsp3) is 0.222. The van der Waals surface area contributed by atoms with Crippen molar-refractivity contribution in [3.05, 3.63) is 29.8 Å². The Morgan fingerprint density at radius 3 is 2.93 bits per heavy atom. The molecule has 0 atom stereocenters. The minimum absolute atomic E-state index is 0.704. The molecule has 0 radical (unpaired) electrons. The van der Waals surface area contributed by atoms with E-state index in [-0.39, 0.29) is 0 Å². The van der Waals surface area contributed by atoms with Crippen LogP contribution in [-0.2, 0) is 6.54 Å². The van der Waals surface area contributed by atoms with Gasteiger partial charge in [-0.25, -0.2) is 5.10 Å². The summed E-state index contributed by atoms with van der Waals surface area (Å²) < 4.78 is 0. The molecule has 2 N–H and O–H groups in total. The van der Waals surface area contributed by atoms with E-state index >= 15 is 0 Å². The third kappa shape index (κ3) is 1.62. The van der Waals surface area contributed by atoms with E-state index in [9.17, 15) is 0 Å². The second-order valence-corrected chi connectivity index (χ2v) is 2.94. The van der Waals surface area contributed by atoms with Gasteiger partial charge >= 0.3 is 0 Å². The number of nitrogens with zero attached hydrogens (tertiary/aromatic N) is 3. The maximum atomic E-state index is 3.88. The Hall–Kier alpha value is -1.75. The normalized spacial score (nSPS) is 10.4. The standard InChI is InChI=1S/C9H11N5/c1-10-6-7-4-2-3-5-8(7)9-11-13-14-12-9/h2-5,10H,6H2,1H3,(H,11,12,13,14). The second-order valence-electron chi connectivity index (χ2n) is 2.94. The van der Waals surface area contributed by atoms with Gasteiger partial charge in [0.05, 0.1) is 0 Å². The van der Waals surface area contributed by atoms with Gasteiger partial charge in [0.15, 0.2) is 5.82 Å². The average Bonchev–Trinajstić information content (AvgIpc) is 2.72. The molecule has 0 saturated heterocycles. The van der Waals surface area contributed by atoms with Gasteiger partial charge in [-0.05, 0) is 23.0 Å². The molecule has 0 amide bonds. The molecular weight excluding hydrogens is 178 g/mol. The average molecular weight is 189 g/mol. The van der Waals surface area contributed by atoms with E-state index in [0.717, 1.165) is 12.1 Å². The number of H-pyrrole nitrogens is 1. The van der Waals surface area contributed by atoms with Crippen molar-refractivity contribution in [3.8, 4) is 11.4 Å². The maximum absolute atomic E-state index is 3.88. The van der Waals surface area contributed by atoms with Crippen LogP contribution in [0.1, 0.15) is 5.56 Å². The van der Waals surface area contributed by atoms with E-state index in [2.05, 4.69) is 25.9 Å². The number of benzene rings is 1. The first-order valence-electron chi connectivity index (χ1n) is 4.38. The lowest BCUT2D eigenvalue weighted by molar-refractivity contribution is 0.818. The summed E-state index contributed by atoms with van der Waals surface area (Å²) in [4.78, 5) is 0. The number of aromatic nitrogens is 4. The second kappa shape index (κ2) is 3.97. The molecule has 2 rings (SSSR count). The molecule has 72 valence electrons. The Labute approximate surface area is 81.5 Å². The lowest BCUT2D eigenvalue weighted by atomic mass is 10.1. The Morgan fingerprint density at radius 1 is 1.36 bits per heavy atom. The van der Waals surface area contributed by atoms with E-state index in [1.165, 1.54) is 5.56 Å². The van der Waals surface area contributed by atoms with Crippen molar-refractivity contribution in [1.82, 2.24) is 25.9 Å². The van der Waals surface area contributed by atoms with Crippen LogP contribution in [0.5, 0.6) is 0 Å².